The van der Waals surface area contributed by atoms with Crippen molar-refractivity contribution in [3.63, 3.8) is 0 Å². The van der Waals surface area contributed by atoms with E-state index in [4.69, 9.17) is 10.8 Å². The van der Waals surface area contributed by atoms with Gasteiger partial charge >= 0.3 is 0 Å². The van der Waals surface area contributed by atoms with Crippen LogP contribution in [0.5, 0.6) is 0 Å². The Kier molecular flexibility index (Phi) is 3.70. The fourth-order valence-corrected chi connectivity index (χ4v) is 1.26. The molecule has 0 aliphatic carbocycles. The van der Waals surface area contributed by atoms with E-state index >= 15 is 0 Å². The lowest BCUT2D eigenvalue weighted by Crippen LogP contribution is -2.27. The van der Waals surface area contributed by atoms with Crippen molar-refractivity contribution in [1.82, 2.24) is 0 Å². The number of hydrogen-bond donors (Lipinski definition) is 0. The highest BCUT2D eigenvalue weighted by Crippen LogP contribution is 2.18. The first-order valence-corrected chi connectivity index (χ1v) is 4.38. The van der Waals surface area contributed by atoms with Gasteiger partial charge in [-0.15, -0.1) is 6.42 Å². The van der Waals surface area contributed by atoms with Crippen LogP contribution in [0.3, 0.4) is 0 Å². The Morgan fingerprint density at radius 1 is 1.70 bits per heavy atom. The summed E-state index contributed by atoms with van der Waals surface area (Å²) < 4.78 is 5.30. The molecule has 0 rings (SSSR count). The molecule has 1 nitrogen and oxygen atoms in total. The molecule has 58 valence electrons. The second kappa shape index (κ2) is 3.80. The lowest BCUT2D eigenvalue weighted by molar-refractivity contribution is 0.139. The SMILES string of the molecule is C#C[C@](C)(CC(C)C)O[SiH3]. The highest BCUT2D eigenvalue weighted by atomic mass is 28.2. The van der Waals surface area contributed by atoms with Crippen molar-refractivity contribution in [3.05, 3.63) is 0 Å². The molecule has 0 radical (unpaired) electrons. The number of hydrogen-bond acceptors (Lipinski definition) is 1. The summed E-state index contributed by atoms with van der Waals surface area (Å²) >= 11 is 0. The van der Waals surface area contributed by atoms with E-state index in [1.165, 1.54) is 0 Å². The molecular weight excluding hydrogens is 140 g/mol. The predicted molar refractivity (Wildman–Crippen MR) is 47.7 cm³/mol. The monoisotopic (exact) mass is 156 g/mol. The van der Waals surface area contributed by atoms with Gasteiger partial charge in [0.15, 0.2) is 0 Å². The molecule has 0 aliphatic heterocycles. The molecule has 0 fully saturated rings. The van der Waals surface area contributed by atoms with Crippen molar-refractivity contribution in [2.75, 3.05) is 0 Å². The molecule has 0 aliphatic rings. The van der Waals surface area contributed by atoms with Crippen LogP contribution in [-0.2, 0) is 4.43 Å². The summed E-state index contributed by atoms with van der Waals surface area (Å²) in [6, 6.07) is 0. The second-order valence-corrected chi connectivity index (χ2v) is 3.59. The van der Waals surface area contributed by atoms with E-state index in [1.54, 1.807) is 0 Å². The van der Waals surface area contributed by atoms with Crippen LogP contribution in [0.25, 0.3) is 0 Å². The zero-order valence-electron chi connectivity index (χ0n) is 7.27. The third kappa shape index (κ3) is 3.05. The predicted octanol–water partition coefficient (Wildman–Crippen LogP) is 0.721. The van der Waals surface area contributed by atoms with E-state index in [2.05, 4.69) is 19.8 Å². The Balaban J connectivity index is 3.97. The first-order chi connectivity index (χ1) is 4.54. The van der Waals surface area contributed by atoms with Gasteiger partial charge in [-0.05, 0) is 19.3 Å². The summed E-state index contributed by atoms with van der Waals surface area (Å²) in [5, 5.41) is 0. The fraction of sp³-hybridized carbons (Fsp3) is 0.750. The Morgan fingerprint density at radius 2 is 2.20 bits per heavy atom. The van der Waals surface area contributed by atoms with Gasteiger partial charge in [0.1, 0.15) is 16.1 Å². The van der Waals surface area contributed by atoms with Crippen molar-refractivity contribution in [1.29, 1.82) is 0 Å². The van der Waals surface area contributed by atoms with Gasteiger partial charge in [0, 0.05) is 0 Å². The minimum absolute atomic E-state index is 0.305. The molecular formula is C8H16OSi. The molecule has 2 heteroatoms. The van der Waals surface area contributed by atoms with Crippen LogP contribution in [0.2, 0.25) is 0 Å². The molecule has 1 atom stereocenters. The summed E-state index contributed by atoms with van der Waals surface area (Å²) in [4.78, 5) is 0. The van der Waals surface area contributed by atoms with Crippen LogP contribution in [0.4, 0.5) is 0 Å². The van der Waals surface area contributed by atoms with E-state index in [1.807, 2.05) is 6.92 Å². The normalized spacial score (nSPS) is 16.7. The standard InChI is InChI=1S/C8H16OSi/c1-5-8(4,9-10)6-7(2)3/h1,7H,6H2,2-4,10H3/t8-/m1/s1. The van der Waals surface area contributed by atoms with Crippen LogP contribution < -0.4 is 0 Å². The van der Waals surface area contributed by atoms with Crippen molar-refractivity contribution < 1.29 is 4.43 Å². The summed E-state index contributed by atoms with van der Waals surface area (Å²) in [6.07, 6.45) is 6.26. The lowest BCUT2D eigenvalue weighted by atomic mass is 9.95. The molecule has 0 amide bonds. The minimum Gasteiger partial charge on any atom is -0.412 e. The summed E-state index contributed by atoms with van der Waals surface area (Å²) in [5.41, 5.74) is -0.305. The molecule has 0 saturated heterocycles. The lowest BCUT2D eigenvalue weighted by Gasteiger charge is -2.24. The third-order valence-electron chi connectivity index (χ3n) is 1.55. The van der Waals surface area contributed by atoms with Gasteiger partial charge in [0.25, 0.3) is 0 Å². The fourth-order valence-electron chi connectivity index (χ4n) is 0.980. The van der Waals surface area contributed by atoms with Gasteiger partial charge < -0.3 is 4.43 Å². The van der Waals surface area contributed by atoms with Crippen LogP contribution in [0, 0.1) is 18.3 Å². The van der Waals surface area contributed by atoms with E-state index in [0.717, 1.165) is 16.9 Å². The zero-order chi connectivity index (χ0) is 8.20. The van der Waals surface area contributed by atoms with Gasteiger partial charge in [-0.25, -0.2) is 0 Å². The van der Waals surface area contributed by atoms with Crippen molar-refractivity contribution in [2.45, 2.75) is 32.8 Å². The summed E-state index contributed by atoms with van der Waals surface area (Å²) in [7, 11) is 0.719. The molecule has 0 bridgehead atoms. The van der Waals surface area contributed by atoms with E-state index < -0.39 is 0 Å². The average Bonchev–Trinajstić information content (AvgIpc) is 1.87. The van der Waals surface area contributed by atoms with Gasteiger partial charge in [-0.1, -0.05) is 19.8 Å². The first-order valence-electron chi connectivity index (χ1n) is 3.57. The Hall–Kier alpha value is -0.263. The molecule has 0 aromatic heterocycles. The molecule has 0 spiro atoms. The minimum atomic E-state index is -0.305. The maximum absolute atomic E-state index is 5.31. The highest BCUT2D eigenvalue weighted by Gasteiger charge is 2.20. The van der Waals surface area contributed by atoms with Gasteiger partial charge in [0.2, 0.25) is 0 Å². The van der Waals surface area contributed by atoms with Crippen molar-refractivity contribution in [2.24, 2.45) is 5.92 Å². The molecule has 10 heavy (non-hydrogen) atoms. The summed E-state index contributed by atoms with van der Waals surface area (Å²) in [6.45, 7) is 6.27. The van der Waals surface area contributed by atoms with E-state index in [-0.39, 0.29) is 5.60 Å². The second-order valence-electron chi connectivity index (χ2n) is 3.18. The van der Waals surface area contributed by atoms with Gasteiger partial charge in [-0.2, -0.15) is 0 Å². The van der Waals surface area contributed by atoms with E-state index in [0.29, 0.717) is 5.92 Å². The molecule has 0 unspecified atom stereocenters. The maximum Gasteiger partial charge on any atom is 0.148 e. The van der Waals surface area contributed by atoms with E-state index in [9.17, 15) is 0 Å². The third-order valence-corrected chi connectivity index (χ3v) is 2.45. The van der Waals surface area contributed by atoms with Gasteiger partial charge in [0.05, 0.1) is 0 Å². The molecule has 0 heterocycles. The van der Waals surface area contributed by atoms with Crippen LogP contribution in [-0.4, -0.2) is 16.1 Å². The molecule has 0 N–H and O–H groups in total. The van der Waals surface area contributed by atoms with Crippen LogP contribution >= 0.6 is 0 Å². The Labute approximate surface area is 66.7 Å². The smallest absolute Gasteiger partial charge is 0.148 e. The Morgan fingerprint density at radius 3 is 2.30 bits per heavy atom. The molecule has 0 aromatic rings. The maximum atomic E-state index is 5.31. The average molecular weight is 156 g/mol. The number of rotatable bonds is 3. The van der Waals surface area contributed by atoms with Crippen molar-refractivity contribution >= 4 is 10.5 Å². The molecule has 0 aromatic carbocycles. The number of terminal acetylenes is 1. The van der Waals surface area contributed by atoms with Crippen LogP contribution in [0.15, 0.2) is 0 Å². The zero-order valence-corrected chi connectivity index (χ0v) is 9.27. The quantitative estimate of drug-likeness (QED) is 0.432. The summed E-state index contributed by atoms with van der Waals surface area (Å²) in [5.74, 6) is 3.28. The first kappa shape index (κ1) is 9.74. The van der Waals surface area contributed by atoms with Crippen molar-refractivity contribution in [3.8, 4) is 12.3 Å². The topological polar surface area (TPSA) is 9.23 Å². The highest BCUT2D eigenvalue weighted by molar-refractivity contribution is 5.98. The van der Waals surface area contributed by atoms with Crippen LogP contribution in [0.1, 0.15) is 27.2 Å². The largest absolute Gasteiger partial charge is 0.412 e. The Bertz CT molecular complexity index is 137. The van der Waals surface area contributed by atoms with Gasteiger partial charge in [-0.3, -0.25) is 0 Å². The molecule has 0 saturated carbocycles.